The molecule has 224 valence electrons. The van der Waals surface area contributed by atoms with Crippen molar-refractivity contribution in [2.75, 3.05) is 33.9 Å². The van der Waals surface area contributed by atoms with E-state index < -0.39 is 29.0 Å². The van der Waals surface area contributed by atoms with Crippen LogP contribution in [0, 0.1) is 5.92 Å². The summed E-state index contributed by atoms with van der Waals surface area (Å²) in [6, 6.07) is 7.25. The fourth-order valence-corrected chi connectivity index (χ4v) is 7.73. The van der Waals surface area contributed by atoms with E-state index in [1.54, 1.807) is 25.3 Å². The highest BCUT2D eigenvalue weighted by Gasteiger charge is 2.62. The van der Waals surface area contributed by atoms with E-state index >= 15 is 0 Å². The number of hydrogen-bond donors (Lipinski definition) is 1. The molecule has 42 heavy (non-hydrogen) atoms. The van der Waals surface area contributed by atoms with Crippen molar-refractivity contribution >= 4 is 34.5 Å². The smallest absolute Gasteiger partial charge is 0.328 e. The van der Waals surface area contributed by atoms with Crippen LogP contribution in [-0.4, -0.2) is 83.6 Å². The van der Waals surface area contributed by atoms with Gasteiger partial charge in [0.05, 0.1) is 54.1 Å². The first kappa shape index (κ1) is 28.8. The van der Waals surface area contributed by atoms with Crippen LogP contribution in [0.5, 0.6) is 5.75 Å². The molecule has 1 N–H and O–H groups in total. The SMILES string of the molecule is CNC(=O)CC1(N2C(=O)C3C(C)=C(c4ncco4)SC3N(CC(OC3CCOCC3)c3ccccc3OC)C2=O)CC1. The first-order chi connectivity index (χ1) is 20.4. The summed E-state index contributed by atoms with van der Waals surface area (Å²) in [5, 5.41) is 2.13. The van der Waals surface area contributed by atoms with Crippen molar-refractivity contribution in [3.05, 3.63) is 53.8 Å². The number of benzene rings is 1. The van der Waals surface area contributed by atoms with Crippen LogP contribution < -0.4 is 10.1 Å². The average Bonchev–Trinajstić information content (AvgIpc) is 3.38. The number of ether oxygens (including phenoxy) is 3. The standard InChI is InChI=1S/C30H36N4O7S/c1-18-24-27(36)34(30(10-11-30)16-23(35)31-2)29(37)33(28(24)42-25(18)26-32-12-15-40-26)17-22(41-19-8-13-39-14-9-19)20-6-4-5-7-21(20)38-3/h4-7,12,15,19,22,24,28H,8-11,13-14,16-17H2,1-3H3,(H,31,35). The molecule has 3 unspecified atom stereocenters. The lowest BCUT2D eigenvalue weighted by Crippen LogP contribution is -2.64. The molecule has 1 aliphatic carbocycles. The Hall–Kier alpha value is -3.35. The van der Waals surface area contributed by atoms with E-state index in [0.29, 0.717) is 37.7 Å². The van der Waals surface area contributed by atoms with Crippen LogP contribution in [0.25, 0.3) is 4.91 Å². The number of fused-ring (bicyclic) bond motifs is 1. The number of imide groups is 1. The van der Waals surface area contributed by atoms with Crippen LogP contribution in [0.15, 0.2) is 46.7 Å². The molecular weight excluding hydrogens is 560 g/mol. The molecule has 4 aliphatic rings. The topological polar surface area (TPSA) is 123 Å². The van der Waals surface area contributed by atoms with Crippen molar-refractivity contribution in [1.29, 1.82) is 0 Å². The summed E-state index contributed by atoms with van der Waals surface area (Å²) in [7, 11) is 3.18. The second kappa shape index (κ2) is 11.7. The molecule has 4 heterocycles. The van der Waals surface area contributed by atoms with Gasteiger partial charge >= 0.3 is 6.03 Å². The third-order valence-corrected chi connectivity index (χ3v) is 10.1. The molecule has 1 aromatic carbocycles. The third kappa shape index (κ3) is 5.20. The summed E-state index contributed by atoms with van der Waals surface area (Å²) in [5.74, 6) is -0.0165. The number of amides is 4. The number of methoxy groups -OCH3 is 1. The molecule has 1 saturated carbocycles. The summed E-state index contributed by atoms with van der Waals surface area (Å²) in [6.07, 6.45) is 5.22. The van der Waals surface area contributed by atoms with Crippen LogP contribution >= 0.6 is 11.8 Å². The molecule has 0 radical (unpaired) electrons. The molecule has 1 aromatic heterocycles. The number of hydrogen-bond acceptors (Lipinski definition) is 9. The molecule has 6 rings (SSSR count). The Morgan fingerprint density at radius 2 is 2.00 bits per heavy atom. The number of nitrogens with one attached hydrogen (secondary N) is 1. The average molecular weight is 597 g/mol. The maximum Gasteiger partial charge on any atom is 0.328 e. The normalized spacial score (nSPS) is 24.5. The molecule has 11 nitrogen and oxygen atoms in total. The van der Waals surface area contributed by atoms with Gasteiger partial charge in [-0.3, -0.25) is 14.5 Å². The minimum atomic E-state index is -0.838. The second-order valence-electron chi connectivity index (χ2n) is 11.2. The number of urea groups is 1. The lowest BCUT2D eigenvalue weighted by atomic mass is 9.93. The lowest BCUT2D eigenvalue weighted by Gasteiger charge is -2.46. The molecule has 3 fully saturated rings. The zero-order valence-electron chi connectivity index (χ0n) is 24.0. The van der Waals surface area contributed by atoms with E-state index in [2.05, 4.69) is 10.3 Å². The summed E-state index contributed by atoms with van der Waals surface area (Å²) in [4.78, 5) is 49.4. The van der Waals surface area contributed by atoms with Gasteiger partial charge in [0.2, 0.25) is 17.7 Å². The van der Waals surface area contributed by atoms with Gasteiger partial charge in [0.25, 0.3) is 0 Å². The van der Waals surface area contributed by atoms with Crippen LogP contribution in [0.4, 0.5) is 4.79 Å². The summed E-state index contributed by atoms with van der Waals surface area (Å²) in [5.41, 5.74) is 0.788. The van der Waals surface area contributed by atoms with Crippen LogP contribution in [0.1, 0.15) is 56.6 Å². The summed E-state index contributed by atoms with van der Waals surface area (Å²) >= 11 is 1.42. The molecule has 12 heteroatoms. The quantitative estimate of drug-likeness (QED) is 0.434. The largest absolute Gasteiger partial charge is 0.496 e. The Morgan fingerprint density at radius 1 is 1.24 bits per heavy atom. The Balaban J connectivity index is 1.39. The molecule has 2 saturated heterocycles. The van der Waals surface area contributed by atoms with Crippen molar-refractivity contribution in [3.63, 3.8) is 0 Å². The predicted octanol–water partition coefficient (Wildman–Crippen LogP) is 3.97. The second-order valence-corrected chi connectivity index (χ2v) is 12.3. The number of para-hydroxylation sites is 1. The van der Waals surface area contributed by atoms with Gasteiger partial charge in [0.15, 0.2) is 0 Å². The van der Waals surface area contributed by atoms with Crippen molar-refractivity contribution in [3.8, 4) is 5.75 Å². The first-order valence-electron chi connectivity index (χ1n) is 14.4. The van der Waals surface area contributed by atoms with E-state index in [1.165, 1.54) is 22.9 Å². The highest BCUT2D eigenvalue weighted by Crippen LogP contribution is 2.55. The van der Waals surface area contributed by atoms with Gasteiger partial charge in [-0.15, -0.1) is 0 Å². The zero-order chi connectivity index (χ0) is 29.4. The fraction of sp³-hybridized carbons (Fsp3) is 0.533. The van der Waals surface area contributed by atoms with E-state index in [9.17, 15) is 14.4 Å². The summed E-state index contributed by atoms with van der Waals surface area (Å²) in [6.45, 7) is 3.31. The van der Waals surface area contributed by atoms with Gasteiger partial charge in [-0.1, -0.05) is 30.0 Å². The molecule has 0 bridgehead atoms. The van der Waals surface area contributed by atoms with Gasteiger partial charge in [-0.2, -0.15) is 0 Å². The Kier molecular flexibility index (Phi) is 8.03. The number of aromatic nitrogens is 1. The Labute approximate surface area is 248 Å². The van der Waals surface area contributed by atoms with Crippen molar-refractivity contribution in [2.45, 2.75) is 62.1 Å². The maximum absolute atomic E-state index is 14.5. The molecule has 0 spiro atoms. The highest BCUT2D eigenvalue weighted by atomic mass is 32.2. The van der Waals surface area contributed by atoms with Gasteiger partial charge in [0, 0.05) is 25.8 Å². The molecule has 2 aromatic rings. The van der Waals surface area contributed by atoms with E-state index in [0.717, 1.165) is 28.9 Å². The Morgan fingerprint density at radius 3 is 2.67 bits per heavy atom. The number of thioether (sulfide) groups is 1. The third-order valence-electron chi connectivity index (χ3n) is 8.65. The van der Waals surface area contributed by atoms with Crippen LogP contribution in [0.2, 0.25) is 0 Å². The predicted molar refractivity (Wildman–Crippen MR) is 154 cm³/mol. The van der Waals surface area contributed by atoms with Crippen molar-refractivity contribution < 1.29 is 33.0 Å². The summed E-state index contributed by atoms with van der Waals surface area (Å²) < 4.78 is 23.6. The lowest BCUT2D eigenvalue weighted by molar-refractivity contribution is -0.140. The van der Waals surface area contributed by atoms with Gasteiger partial charge in [-0.05, 0) is 44.2 Å². The van der Waals surface area contributed by atoms with Crippen molar-refractivity contribution in [2.24, 2.45) is 5.92 Å². The van der Waals surface area contributed by atoms with E-state index in [1.807, 2.05) is 31.2 Å². The van der Waals surface area contributed by atoms with Crippen LogP contribution in [-0.2, 0) is 19.1 Å². The molecular formula is C30H36N4O7S. The molecule has 3 atom stereocenters. The molecule has 3 aliphatic heterocycles. The fourth-order valence-electron chi connectivity index (χ4n) is 6.21. The minimum Gasteiger partial charge on any atom is -0.496 e. The number of oxazole rings is 1. The first-order valence-corrected chi connectivity index (χ1v) is 15.2. The number of carbonyl (C=O) groups excluding carboxylic acids is 3. The maximum atomic E-state index is 14.5. The highest BCUT2D eigenvalue weighted by molar-refractivity contribution is 8.09. The van der Waals surface area contributed by atoms with Gasteiger partial charge in [-0.25, -0.2) is 9.78 Å². The Bertz CT molecular complexity index is 1370. The number of rotatable bonds is 10. The molecule has 4 amide bonds. The monoisotopic (exact) mass is 596 g/mol. The number of carbonyl (C=O) groups is 3. The van der Waals surface area contributed by atoms with Crippen molar-refractivity contribution in [1.82, 2.24) is 20.1 Å². The van der Waals surface area contributed by atoms with Gasteiger partial charge in [0.1, 0.15) is 18.1 Å². The van der Waals surface area contributed by atoms with Gasteiger partial charge < -0.3 is 28.8 Å². The van der Waals surface area contributed by atoms with E-state index in [4.69, 9.17) is 18.6 Å². The zero-order valence-corrected chi connectivity index (χ0v) is 24.9. The number of nitrogens with zero attached hydrogens (tertiary/aromatic N) is 3. The van der Waals surface area contributed by atoms with E-state index in [-0.39, 0.29) is 30.9 Å². The van der Waals surface area contributed by atoms with Crippen LogP contribution in [0.3, 0.4) is 0 Å². The minimum absolute atomic E-state index is 0.0518.